The van der Waals surface area contributed by atoms with Crippen molar-refractivity contribution in [2.45, 2.75) is 31.2 Å². The van der Waals surface area contributed by atoms with Gasteiger partial charge in [-0.15, -0.1) is 0 Å². The van der Waals surface area contributed by atoms with Gasteiger partial charge in [-0.1, -0.05) is 42.8 Å². The Bertz CT molecular complexity index is 867. The van der Waals surface area contributed by atoms with E-state index in [1.54, 1.807) is 0 Å². The lowest BCUT2D eigenvalue weighted by Crippen LogP contribution is -2.39. The molecule has 0 saturated heterocycles. The van der Waals surface area contributed by atoms with E-state index in [0.29, 0.717) is 11.4 Å². The molecule has 0 aliphatic carbocycles. The highest BCUT2D eigenvalue weighted by molar-refractivity contribution is 7.89. The first-order chi connectivity index (χ1) is 12.3. The zero-order valence-electron chi connectivity index (χ0n) is 15.1. The van der Waals surface area contributed by atoms with Gasteiger partial charge in [-0.25, -0.2) is 8.42 Å². The Balaban J connectivity index is 2.08. The zero-order valence-corrected chi connectivity index (χ0v) is 16.6. The summed E-state index contributed by atoms with van der Waals surface area (Å²) in [6.07, 6.45) is 0.713. The SMILES string of the molecule is CCC(NC(=O)CN(C)S(=O)(=O)c1ccc(Cl)cc1)c1ccccc1C. The fourth-order valence-corrected chi connectivity index (χ4v) is 3.94. The lowest BCUT2D eigenvalue weighted by molar-refractivity contribution is -0.121. The molecule has 0 saturated carbocycles. The lowest BCUT2D eigenvalue weighted by atomic mass is 9.99. The Hall–Kier alpha value is -1.89. The van der Waals surface area contributed by atoms with Crippen LogP contribution in [-0.4, -0.2) is 32.2 Å². The molecule has 2 aromatic carbocycles. The van der Waals surface area contributed by atoms with E-state index < -0.39 is 10.0 Å². The summed E-state index contributed by atoms with van der Waals surface area (Å²) in [5.41, 5.74) is 2.12. The minimum absolute atomic E-state index is 0.100. The molecule has 0 aromatic heterocycles. The molecule has 140 valence electrons. The molecule has 7 heteroatoms. The number of sulfonamides is 1. The van der Waals surface area contributed by atoms with Gasteiger partial charge in [-0.2, -0.15) is 4.31 Å². The van der Waals surface area contributed by atoms with E-state index in [4.69, 9.17) is 11.6 Å². The van der Waals surface area contributed by atoms with Crippen molar-refractivity contribution in [2.24, 2.45) is 0 Å². The first kappa shape index (κ1) is 20.4. The third-order valence-corrected chi connectivity index (χ3v) is 6.27. The summed E-state index contributed by atoms with van der Waals surface area (Å²) >= 11 is 5.80. The van der Waals surface area contributed by atoms with E-state index in [2.05, 4.69) is 5.32 Å². The second kappa shape index (κ2) is 8.66. The standard InChI is InChI=1S/C19H23ClN2O3S/c1-4-18(17-8-6-5-7-14(17)2)21-19(23)13-22(3)26(24,25)16-11-9-15(20)10-12-16/h5-12,18H,4,13H2,1-3H3,(H,21,23). The molecule has 0 spiro atoms. The van der Waals surface area contributed by atoms with E-state index in [-0.39, 0.29) is 23.4 Å². The molecule has 0 fully saturated rings. The van der Waals surface area contributed by atoms with Gasteiger partial charge in [0, 0.05) is 12.1 Å². The van der Waals surface area contributed by atoms with Crippen molar-refractivity contribution in [1.82, 2.24) is 9.62 Å². The summed E-state index contributed by atoms with van der Waals surface area (Å²) in [5.74, 6) is -0.347. The van der Waals surface area contributed by atoms with Crippen LogP contribution in [-0.2, 0) is 14.8 Å². The van der Waals surface area contributed by atoms with Crippen molar-refractivity contribution in [3.8, 4) is 0 Å². The summed E-state index contributed by atoms with van der Waals surface area (Å²) in [6.45, 7) is 3.71. The Morgan fingerprint density at radius 2 is 1.77 bits per heavy atom. The van der Waals surface area contributed by atoms with E-state index in [9.17, 15) is 13.2 Å². The number of benzene rings is 2. The van der Waals surface area contributed by atoms with E-state index in [1.807, 2.05) is 38.1 Å². The monoisotopic (exact) mass is 394 g/mol. The predicted octanol–water partition coefficient (Wildman–Crippen LogP) is 3.54. The van der Waals surface area contributed by atoms with Crippen LogP contribution in [0.1, 0.15) is 30.5 Å². The highest BCUT2D eigenvalue weighted by Gasteiger charge is 2.24. The molecule has 2 rings (SSSR count). The number of nitrogens with one attached hydrogen (secondary N) is 1. The van der Waals surface area contributed by atoms with Crippen LogP contribution in [0.25, 0.3) is 0 Å². The Kier molecular flexibility index (Phi) is 6.81. The van der Waals surface area contributed by atoms with Gasteiger partial charge in [0.1, 0.15) is 0 Å². The summed E-state index contributed by atoms with van der Waals surface area (Å²) in [4.78, 5) is 12.5. The normalized spacial score (nSPS) is 12.8. The molecule has 1 N–H and O–H groups in total. The second-order valence-electron chi connectivity index (χ2n) is 6.10. The van der Waals surface area contributed by atoms with Gasteiger partial charge in [0.05, 0.1) is 17.5 Å². The minimum atomic E-state index is -3.75. The lowest BCUT2D eigenvalue weighted by Gasteiger charge is -2.22. The maximum absolute atomic E-state index is 12.6. The molecule has 0 aliphatic heterocycles. The van der Waals surface area contributed by atoms with Crippen LogP contribution in [0.5, 0.6) is 0 Å². The van der Waals surface area contributed by atoms with Crippen LogP contribution >= 0.6 is 11.6 Å². The minimum Gasteiger partial charge on any atom is -0.348 e. The summed E-state index contributed by atoms with van der Waals surface area (Å²) in [5, 5.41) is 3.37. The molecular weight excluding hydrogens is 372 g/mol. The van der Waals surface area contributed by atoms with E-state index >= 15 is 0 Å². The summed E-state index contributed by atoms with van der Waals surface area (Å²) in [7, 11) is -2.37. The van der Waals surface area contributed by atoms with Crippen LogP contribution < -0.4 is 5.32 Å². The molecular formula is C19H23ClN2O3S. The number of rotatable bonds is 7. The number of carbonyl (C=O) groups is 1. The molecule has 5 nitrogen and oxygen atoms in total. The topological polar surface area (TPSA) is 66.5 Å². The Morgan fingerprint density at radius 3 is 2.35 bits per heavy atom. The molecule has 2 aromatic rings. The average Bonchev–Trinajstić information content (AvgIpc) is 2.60. The van der Waals surface area contributed by atoms with Gasteiger partial charge in [0.15, 0.2) is 0 Å². The first-order valence-corrected chi connectivity index (χ1v) is 10.1. The molecule has 0 aliphatic rings. The molecule has 1 unspecified atom stereocenters. The molecule has 26 heavy (non-hydrogen) atoms. The van der Waals surface area contributed by atoms with Gasteiger partial charge in [-0.05, 0) is 48.7 Å². The third kappa shape index (κ3) is 4.84. The number of likely N-dealkylation sites (N-methyl/N-ethyl adjacent to an activating group) is 1. The van der Waals surface area contributed by atoms with Crippen molar-refractivity contribution < 1.29 is 13.2 Å². The molecule has 0 heterocycles. The average molecular weight is 395 g/mol. The zero-order chi connectivity index (χ0) is 19.3. The number of carbonyl (C=O) groups excluding carboxylic acids is 1. The second-order valence-corrected chi connectivity index (χ2v) is 8.58. The quantitative estimate of drug-likeness (QED) is 0.781. The number of amides is 1. The molecule has 0 bridgehead atoms. The number of halogens is 1. The largest absolute Gasteiger partial charge is 0.348 e. The molecule has 1 amide bonds. The molecule has 0 radical (unpaired) electrons. The summed E-state index contributed by atoms with van der Waals surface area (Å²) in [6, 6.07) is 13.5. The van der Waals surface area contributed by atoms with Crippen molar-refractivity contribution in [1.29, 1.82) is 0 Å². The fraction of sp³-hybridized carbons (Fsp3) is 0.316. The third-order valence-electron chi connectivity index (χ3n) is 4.20. The van der Waals surface area contributed by atoms with Crippen LogP contribution in [0.2, 0.25) is 5.02 Å². The maximum atomic E-state index is 12.6. The highest BCUT2D eigenvalue weighted by atomic mass is 35.5. The highest BCUT2D eigenvalue weighted by Crippen LogP contribution is 2.21. The van der Waals surface area contributed by atoms with Gasteiger partial charge in [0.25, 0.3) is 0 Å². The molecule has 1 atom stereocenters. The van der Waals surface area contributed by atoms with Crippen LogP contribution in [0.15, 0.2) is 53.4 Å². The number of aryl methyl sites for hydroxylation is 1. The van der Waals surface area contributed by atoms with Crippen molar-refractivity contribution >= 4 is 27.5 Å². The van der Waals surface area contributed by atoms with Crippen molar-refractivity contribution in [2.75, 3.05) is 13.6 Å². The maximum Gasteiger partial charge on any atom is 0.243 e. The van der Waals surface area contributed by atoms with Gasteiger partial charge >= 0.3 is 0 Å². The number of hydrogen-bond donors (Lipinski definition) is 1. The van der Waals surface area contributed by atoms with Crippen LogP contribution in [0, 0.1) is 6.92 Å². The van der Waals surface area contributed by atoms with Crippen molar-refractivity contribution in [3.63, 3.8) is 0 Å². The first-order valence-electron chi connectivity index (χ1n) is 8.32. The number of nitrogens with zero attached hydrogens (tertiary/aromatic N) is 1. The van der Waals surface area contributed by atoms with Gasteiger partial charge < -0.3 is 5.32 Å². The Labute approximate surface area is 160 Å². The summed E-state index contributed by atoms with van der Waals surface area (Å²) < 4.78 is 26.2. The smallest absolute Gasteiger partial charge is 0.243 e. The van der Waals surface area contributed by atoms with Crippen molar-refractivity contribution in [3.05, 3.63) is 64.7 Å². The fourth-order valence-electron chi connectivity index (χ4n) is 2.69. The van der Waals surface area contributed by atoms with E-state index in [0.717, 1.165) is 15.4 Å². The predicted molar refractivity (Wildman–Crippen MR) is 104 cm³/mol. The van der Waals surface area contributed by atoms with Gasteiger partial charge in [0.2, 0.25) is 15.9 Å². The van der Waals surface area contributed by atoms with Gasteiger partial charge in [-0.3, -0.25) is 4.79 Å². The van der Waals surface area contributed by atoms with Crippen LogP contribution in [0.4, 0.5) is 0 Å². The number of hydrogen-bond acceptors (Lipinski definition) is 3. The van der Waals surface area contributed by atoms with Crippen LogP contribution in [0.3, 0.4) is 0 Å². The van der Waals surface area contributed by atoms with E-state index in [1.165, 1.54) is 31.3 Å². The Morgan fingerprint density at radius 1 is 1.15 bits per heavy atom.